The number of hydrogen-bond donors (Lipinski definition) is 0. The van der Waals surface area contributed by atoms with Crippen molar-refractivity contribution in [3.63, 3.8) is 0 Å². The van der Waals surface area contributed by atoms with Crippen molar-refractivity contribution in [2.45, 2.75) is 0 Å². The lowest BCUT2D eigenvalue weighted by atomic mass is 10.7. The molecule has 1 aromatic rings. The third-order valence-corrected chi connectivity index (χ3v) is 1.46. The van der Waals surface area contributed by atoms with E-state index >= 15 is 0 Å². The summed E-state index contributed by atoms with van der Waals surface area (Å²) in [5, 5.41) is 0. The lowest BCUT2D eigenvalue weighted by molar-refractivity contribution is 0.350. The van der Waals surface area contributed by atoms with Crippen LogP contribution < -0.4 is 4.74 Å². The van der Waals surface area contributed by atoms with Gasteiger partial charge in [-0.15, -0.1) is 6.42 Å². The van der Waals surface area contributed by atoms with Gasteiger partial charge in [-0.3, -0.25) is 0 Å². The van der Waals surface area contributed by atoms with Gasteiger partial charge < -0.3 is 4.74 Å². The van der Waals surface area contributed by atoms with Gasteiger partial charge in [0.05, 0.1) is 0 Å². The fraction of sp³-hybridized carbons (Fsp3) is 0.143. The van der Waals surface area contributed by atoms with Crippen LogP contribution in [-0.4, -0.2) is 16.6 Å². The van der Waals surface area contributed by atoms with Crippen molar-refractivity contribution in [2.24, 2.45) is 0 Å². The quantitative estimate of drug-likeness (QED) is 0.693. The van der Waals surface area contributed by atoms with E-state index in [4.69, 9.17) is 11.2 Å². The normalized spacial score (nSPS) is 8.73. The average Bonchev–Trinajstić information content (AvgIpc) is 2.03. The van der Waals surface area contributed by atoms with Crippen LogP contribution in [-0.2, 0) is 0 Å². The first-order valence-electron chi connectivity index (χ1n) is 2.87. The number of ether oxygens (including phenoxy) is 1. The molecule has 0 atom stereocenters. The van der Waals surface area contributed by atoms with Crippen molar-refractivity contribution in [1.29, 1.82) is 0 Å². The van der Waals surface area contributed by atoms with E-state index < -0.39 is 0 Å². The first-order chi connectivity index (χ1) is 5.34. The Bertz CT molecular complexity index is 282. The number of halogens is 1. The molecule has 0 bridgehead atoms. The smallest absolute Gasteiger partial charge is 0.248 e. The Balaban J connectivity index is 2.71. The number of hydrogen-bond acceptors (Lipinski definition) is 3. The van der Waals surface area contributed by atoms with Gasteiger partial charge in [0, 0.05) is 12.4 Å². The number of rotatable bonds is 2. The van der Waals surface area contributed by atoms with Gasteiger partial charge in [-0.1, -0.05) is 5.92 Å². The van der Waals surface area contributed by atoms with Gasteiger partial charge >= 0.3 is 0 Å². The van der Waals surface area contributed by atoms with Crippen molar-refractivity contribution in [1.82, 2.24) is 9.97 Å². The predicted octanol–water partition coefficient (Wildman–Crippen LogP) is 1.25. The van der Waals surface area contributed by atoms with E-state index in [1.807, 2.05) is 0 Å². The molecule has 1 aromatic heterocycles. The van der Waals surface area contributed by atoms with Crippen molar-refractivity contribution in [2.75, 3.05) is 6.61 Å². The molecule has 0 aromatic carbocycles. The van der Waals surface area contributed by atoms with Gasteiger partial charge in [0.15, 0.2) is 11.2 Å². The molecule has 11 heavy (non-hydrogen) atoms. The second-order valence-corrected chi connectivity index (χ2v) is 2.40. The summed E-state index contributed by atoms with van der Waals surface area (Å²) in [6.45, 7) is 0.206. The van der Waals surface area contributed by atoms with Crippen molar-refractivity contribution in [3.8, 4) is 18.2 Å². The topological polar surface area (TPSA) is 35.0 Å². The van der Waals surface area contributed by atoms with Crippen LogP contribution in [0.25, 0.3) is 0 Å². The molecule has 0 fully saturated rings. The summed E-state index contributed by atoms with van der Waals surface area (Å²) in [5.74, 6) is 2.75. The highest BCUT2D eigenvalue weighted by atomic mass is 79.9. The minimum Gasteiger partial charge on any atom is -0.463 e. The Hall–Kier alpha value is -1.08. The van der Waals surface area contributed by atoms with E-state index in [0.29, 0.717) is 10.5 Å². The minimum atomic E-state index is 0.206. The van der Waals surface area contributed by atoms with Gasteiger partial charge in [0.25, 0.3) is 0 Å². The largest absolute Gasteiger partial charge is 0.463 e. The monoisotopic (exact) mass is 212 g/mol. The zero-order chi connectivity index (χ0) is 8.10. The van der Waals surface area contributed by atoms with Crippen LogP contribution in [0.4, 0.5) is 0 Å². The summed E-state index contributed by atoms with van der Waals surface area (Å²) >= 11 is 3.16. The van der Waals surface area contributed by atoms with Crippen molar-refractivity contribution < 1.29 is 4.74 Å². The fourth-order valence-electron chi connectivity index (χ4n) is 0.515. The zero-order valence-electron chi connectivity index (χ0n) is 5.62. The molecule has 0 saturated heterocycles. The number of terminal acetylenes is 1. The summed E-state index contributed by atoms with van der Waals surface area (Å²) in [6.07, 6.45) is 8.09. The Labute approximate surface area is 72.9 Å². The predicted molar refractivity (Wildman–Crippen MR) is 44.1 cm³/mol. The molecule has 4 heteroatoms. The van der Waals surface area contributed by atoms with E-state index in [1.165, 1.54) is 6.20 Å². The highest BCUT2D eigenvalue weighted by Gasteiger charge is 1.99. The summed E-state index contributed by atoms with van der Waals surface area (Å²) < 4.78 is 5.59. The van der Waals surface area contributed by atoms with E-state index in [0.717, 1.165) is 0 Å². The van der Waals surface area contributed by atoms with Gasteiger partial charge in [-0.2, -0.15) is 0 Å². The molecular weight excluding hydrogens is 208 g/mol. The number of nitrogens with zero attached hydrogens (tertiary/aromatic N) is 2. The third-order valence-electron chi connectivity index (χ3n) is 0.915. The van der Waals surface area contributed by atoms with Gasteiger partial charge in [0.2, 0.25) is 5.88 Å². The molecule has 3 nitrogen and oxygen atoms in total. The average molecular weight is 213 g/mol. The van der Waals surface area contributed by atoms with E-state index in [-0.39, 0.29) is 6.61 Å². The molecule has 0 radical (unpaired) electrons. The Morgan fingerprint density at radius 3 is 2.91 bits per heavy atom. The Kier molecular flexibility index (Phi) is 2.87. The van der Waals surface area contributed by atoms with Crippen LogP contribution in [0.1, 0.15) is 0 Å². The second-order valence-electron chi connectivity index (χ2n) is 1.65. The summed E-state index contributed by atoms with van der Waals surface area (Å²) in [5.41, 5.74) is 0. The van der Waals surface area contributed by atoms with Crippen LogP contribution in [0, 0.1) is 12.3 Å². The molecule has 0 spiro atoms. The van der Waals surface area contributed by atoms with Crippen molar-refractivity contribution in [3.05, 3.63) is 17.0 Å². The summed E-state index contributed by atoms with van der Waals surface area (Å²) in [7, 11) is 0. The molecular formula is C7H5BrN2O. The first kappa shape index (κ1) is 8.02. The van der Waals surface area contributed by atoms with Crippen LogP contribution in [0.15, 0.2) is 17.0 Å². The van der Waals surface area contributed by atoms with Crippen LogP contribution in [0.3, 0.4) is 0 Å². The molecule has 0 aliphatic rings. The Morgan fingerprint density at radius 2 is 2.27 bits per heavy atom. The maximum atomic E-state index is 5.03. The highest BCUT2D eigenvalue weighted by molar-refractivity contribution is 9.10. The van der Waals surface area contributed by atoms with Crippen molar-refractivity contribution >= 4 is 15.9 Å². The minimum absolute atomic E-state index is 0.206. The molecule has 1 heterocycles. The van der Waals surface area contributed by atoms with E-state index in [1.54, 1.807) is 6.20 Å². The summed E-state index contributed by atoms with van der Waals surface area (Å²) in [4.78, 5) is 7.78. The second kappa shape index (κ2) is 3.94. The molecule has 0 N–H and O–H groups in total. The molecule has 0 amide bonds. The van der Waals surface area contributed by atoms with Crippen LogP contribution in [0.5, 0.6) is 5.88 Å². The zero-order valence-corrected chi connectivity index (χ0v) is 7.21. The highest BCUT2D eigenvalue weighted by Crippen LogP contribution is 2.16. The Morgan fingerprint density at radius 1 is 1.55 bits per heavy atom. The van der Waals surface area contributed by atoms with Crippen LogP contribution >= 0.6 is 15.9 Å². The fourth-order valence-corrected chi connectivity index (χ4v) is 0.850. The van der Waals surface area contributed by atoms with Gasteiger partial charge in [0.1, 0.15) is 0 Å². The maximum absolute atomic E-state index is 5.03. The number of aromatic nitrogens is 2. The first-order valence-corrected chi connectivity index (χ1v) is 3.66. The van der Waals surface area contributed by atoms with Gasteiger partial charge in [-0.25, -0.2) is 9.97 Å². The molecule has 56 valence electrons. The lowest BCUT2D eigenvalue weighted by Gasteiger charge is -2.00. The van der Waals surface area contributed by atoms with E-state index in [9.17, 15) is 0 Å². The summed E-state index contributed by atoms with van der Waals surface area (Å²) in [6, 6.07) is 0. The van der Waals surface area contributed by atoms with Crippen LogP contribution in [0.2, 0.25) is 0 Å². The molecule has 0 unspecified atom stereocenters. The van der Waals surface area contributed by atoms with Gasteiger partial charge in [-0.05, 0) is 15.9 Å². The third kappa shape index (κ3) is 2.20. The van der Waals surface area contributed by atoms with E-state index in [2.05, 4.69) is 31.8 Å². The maximum Gasteiger partial charge on any atom is 0.248 e. The lowest BCUT2D eigenvalue weighted by Crippen LogP contribution is -1.97. The molecule has 0 aliphatic heterocycles. The molecule has 1 rings (SSSR count). The standard InChI is InChI=1S/C7H5BrN2O/c1-2-5-11-7-6(8)9-3-4-10-7/h1,3-4H,5H2. The molecule has 0 aliphatic carbocycles. The molecule has 0 saturated carbocycles. The SMILES string of the molecule is C#CCOc1nccnc1Br.